The van der Waals surface area contributed by atoms with Crippen molar-refractivity contribution in [2.75, 3.05) is 6.54 Å². The number of primary amides is 1. The van der Waals surface area contributed by atoms with Gasteiger partial charge in [-0.15, -0.1) is 4.28 Å². The summed E-state index contributed by atoms with van der Waals surface area (Å²) in [5.41, 5.74) is 6.21. The Kier molecular flexibility index (Phi) is 5.54. The number of carbonyl (C=O) groups is 3. The number of amides is 4. The van der Waals surface area contributed by atoms with Gasteiger partial charge < -0.3 is 16.0 Å². The van der Waals surface area contributed by atoms with E-state index in [0.717, 1.165) is 10.5 Å². The van der Waals surface area contributed by atoms with Gasteiger partial charge in [0.2, 0.25) is 11.8 Å². The van der Waals surface area contributed by atoms with Crippen LogP contribution in [-0.4, -0.2) is 65.4 Å². The molecular weight excluding hydrogens is 392 g/mol. The zero-order chi connectivity index (χ0) is 20.5. The van der Waals surface area contributed by atoms with Crippen molar-refractivity contribution in [2.24, 2.45) is 5.73 Å². The molecule has 12 heteroatoms. The summed E-state index contributed by atoms with van der Waals surface area (Å²) in [5, 5.41) is 3.12. The minimum Gasteiger partial charge on any atom is -0.368 e. The third kappa shape index (κ3) is 4.40. The van der Waals surface area contributed by atoms with Crippen LogP contribution in [0.5, 0.6) is 0 Å². The molecule has 1 aromatic rings. The van der Waals surface area contributed by atoms with E-state index in [2.05, 4.69) is 9.60 Å². The first kappa shape index (κ1) is 20.0. The molecule has 1 aromatic carbocycles. The lowest BCUT2D eigenvalue weighted by molar-refractivity contribution is -0.130. The van der Waals surface area contributed by atoms with Gasteiger partial charge in [0.25, 0.3) is 0 Å². The number of rotatable bonds is 7. The highest BCUT2D eigenvalue weighted by atomic mass is 32.3. The summed E-state index contributed by atoms with van der Waals surface area (Å²) < 4.78 is 35.0. The maximum absolute atomic E-state index is 12.7. The molecule has 0 saturated carbocycles. The minimum absolute atomic E-state index is 0.0619. The molecule has 152 valence electrons. The number of carbonyl (C=O) groups excluding carboxylic acids is 3. The smallest absolute Gasteiger partial charge is 0.368 e. The average molecular weight is 412 g/mol. The predicted octanol–water partition coefficient (Wildman–Crippen LogP) is -0.798. The zero-order valence-corrected chi connectivity index (χ0v) is 15.5. The second kappa shape index (κ2) is 7.73. The molecule has 4 N–H and O–H groups in total. The molecular formula is C16H20N4O7S. The molecule has 3 atom stereocenters. The van der Waals surface area contributed by atoms with Crippen molar-refractivity contribution in [1.82, 2.24) is 15.3 Å². The Morgan fingerprint density at radius 2 is 1.96 bits per heavy atom. The van der Waals surface area contributed by atoms with Gasteiger partial charge in [0.15, 0.2) is 0 Å². The summed E-state index contributed by atoms with van der Waals surface area (Å²) in [5.74, 6) is -1.28. The first-order valence-corrected chi connectivity index (χ1v) is 9.92. The molecule has 0 aliphatic carbocycles. The van der Waals surface area contributed by atoms with Crippen molar-refractivity contribution in [1.29, 1.82) is 0 Å². The van der Waals surface area contributed by atoms with Gasteiger partial charge in [-0.1, -0.05) is 30.3 Å². The fourth-order valence-corrected chi connectivity index (χ4v) is 3.83. The highest BCUT2D eigenvalue weighted by Gasteiger charge is 2.49. The van der Waals surface area contributed by atoms with E-state index in [-0.39, 0.29) is 25.8 Å². The second-order valence-electron chi connectivity index (χ2n) is 6.66. The Morgan fingerprint density at radius 1 is 1.29 bits per heavy atom. The Bertz CT molecular complexity index is 876. The van der Waals surface area contributed by atoms with Crippen LogP contribution in [0.2, 0.25) is 0 Å². The Hall–Kier alpha value is -2.70. The molecule has 2 bridgehead atoms. The Morgan fingerprint density at radius 3 is 2.57 bits per heavy atom. The fourth-order valence-electron chi connectivity index (χ4n) is 3.44. The summed E-state index contributed by atoms with van der Waals surface area (Å²) in [6, 6.07) is 5.68. The van der Waals surface area contributed by atoms with Crippen molar-refractivity contribution in [3.8, 4) is 0 Å². The van der Waals surface area contributed by atoms with Gasteiger partial charge in [0, 0.05) is 13.0 Å². The maximum Gasteiger partial charge on any atom is 0.418 e. The van der Waals surface area contributed by atoms with E-state index in [0.29, 0.717) is 5.06 Å². The van der Waals surface area contributed by atoms with E-state index in [1.807, 2.05) is 6.07 Å². The van der Waals surface area contributed by atoms with Crippen molar-refractivity contribution in [2.45, 2.75) is 37.4 Å². The van der Waals surface area contributed by atoms with Crippen LogP contribution in [0.3, 0.4) is 0 Å². The van der Waals surface area contributed by atoms with Crippen LogP contribution < -0.4 is 11.1 Å². The third-order valence-corrected chi connectivity index (χ3v) is 5.09. The number of nitrogens with two attached hydrogens (primary N) is 1. The highest BCUT2D eigenvalue weighted by Crippen LogP contribution is 2.30. The summed E-state index contributed by atoms with van der Waals surface area (Å²) in [6.07, 6.45) is 0.726. The van der Waals surface area contributed by atoms with E-state index in [9.17, 15) is 22.8 Å². The number of piperidine rings is 1. The van der Waals surface area contributed by atoms with Crippen LogP contribution in [0.15, 0.2) is 30.3 Å². The van der Waals surface area contributed by atoms with Gasteiger partial charge in [-0.3, -0.25) is 14.1 Å². The van der Waals surface area contributed by atoms with Gasteiger partial charge in [0.05, 0.1) is 6.04 Å². The maximum atomic E-state index is 12.7. The normalized spacial score (nSPS) is 22.8. The van der Waals surface area contributed by atoms with Crippen LogP contribution in [0.1, 0.15) is 18.4 Å². The standard InChI is InChI=1S/C16H20N4O7S/c17-14(21)12(8-10-4-2-1-3-5-10)18-15(22)13-7-6-11-9-19(13)16(23)20(11)27-28(24,25)26/h1-5,11-13H,6-9H2,(H2,17,21)(H,18,22)(H,24,25,26). The Balaban J connectivity index is 1.69. The molecule has 0 spiro atoms. The molecule has 3 unspecified atom stereocenters. The molecule has 2 heterocycles. The first-order chi connectivity index (χ1) is 13.2. The van der Waals surface area contributed by atoms with Gasteiger partial charge in [-0.25, -0.2) is 4.79 Å². The quantitative estimate of drug-likeness (QED) is 0.494. The molecule has 4 amide bonds. The molecule has 2 fully saturated rings. The van der Waals surface area contributed by atoms with Crippen molar-refractivity contribution < 1.29 is 31.6 Å². The van der Waals surface area contributed by atoms with Crippen molar-refractivity contribution in [3.05, 3.63) is 35.9 Å². The van der Waals surface area contributed by atoms with E-state index in [4.69, 9.17) is 10.3 Å². The number of urea groups is 1. The van der Waals surface area contributed by atoms with E-state index < -0.39 is 46.4 Å². The summed E-state index contributed by atoms with van der Waals surface area (Å²) in [6.45, 7) is 0.0619. The number of hydrogen-bond donors (Lipinski definition) is 3. The van der Waals surface area contributed by atoms with E-state index in [1.54, 1.807) is 24.3 Å². The monoisotopic (exact) mass is 412 g/mol. The second-order valence-corrected chi connectivity index (χ2v) is 7.67. The summed E-state index contributed by atoms with van der Waals surface area (Å²) >= 11 is 0. The van der Waals surface area contributed by atoms with Gasteiger partial charge >= 0.3 is 16.4 Å². The fraction of sp³-hybridized carbons (Fsp3) is 0.438. The number of benzene rings is 1. The van der Waals surface area contributed by atoms with Crippen LogP contribution in [-0.2, 0) is 30.7 Å². The van der Waals surface area contributed by atoms with E-state index in [1.165, 1.54) is 0 Å². The molecule has 0 aromatic heterocycles. The lowest BCUT2D eigenvalue weighted by Crippen LogP contribution is -2.55. The van der Waals surface area contributed by atoms with Crippen molar-refractivity contribution in [3.63, 3.8) is 0 Å². The minimum atomic E-state index is -4.86. The van der Waals surface area contributed by atoms with Crippen LogP contribution >= 0.6 is 0 Å². The van der Waals surface area contributed by atoms with Crippen molar-refractivity contribution >= 4 is 28.2 Å². The van der Waals surface area contributed by atoms with Gasteiger partial charge in [-0.2, -0.15) is 13.5 Å². The van der Waals surface area contributed by atoms with Crippen LogP contribution in [0.4, 0.5) is 4.79 Å². The zero-order valence-electron chi connectivity index (χ0n) is 14.7. The molecule has 11 nitrogen and oxygen atoms in total. The average Bonchev–Trinajstić information content (AvgIpc) is 2.85. The molecule has 3 rings (SSSR count). The highest BCUT2D eigenvalue weighted by molar-refractivity contribution is 7.80. The number of fused-ring (bicyclic) bond motifs is 2. The largest absolute Gasteiger partial charge is 0.418 e. The number of nitrogens with one attached hydrogen (secondary N) is 1. The summed E-state index contributed by atoms with van der Waals surface area (Å²) in [4.78, 5) is 38.0. The molecule has 2 saturated heterocycles. The molecule has 2 aliphatic rings. The number of nitrogens with zero attached hydrogens (tertiary/aromatic N) is 2. The molecule has 0 radical (unpaired) electrons. The van der Waals surface area contributed by atoms with Crippen LogP contribution in [0.25, 0.3) is 0 Å². The topological polar surface area (TPSA) is 159 Å². The van der Waals surface area contributed by atoms with Gasteiger partial charge in [0.1, 0.15) is 12.1 Å². The third-order valence-electron chi connectivity index (χ3n) is 4.74. The van der Waals surface area contributed by atoms with Gasteiger partial charge in [-0.05, 0) is 18.4 Å². The molecule has 28 heavy (non-hydrogen) atoms. The lowest BCUT2D eigenvalue weighted by atomic mass is 9.99. The number of hydrogen-bond acceptors (Lipinski definition) is 6. The van der Waals surface area contributed by atoms with Crippen LogP contribution in [0, 0.1) is 0 Å². The number of hydroxylamine groups is 2. The predicted molar refractivity (Wildman–Crippen MR) is 94.7 cm³/mol. The molecule has 2 aliphatic heterocycles. The Labute approximate surface area is 161 Å². The SMILES string of the molecule is NC(=O)C(Cc1ccccc1)NC(=O)C1CCC2CN1C(=O)N2OS(=O)(=O)O. The van der Waals surface area contributed by atoms with E-state index >= 15 is 0 Å². The first-order valence-electron chi connectivity index (χ1n) is 8.56. The summed E-state index contributed by atoms with van der Waals surface area (Å²) in [7, 11) is -4.86. The lowest BCUT2D eigenvalue weighted by Gasteiger charge is -2.30.